The zero-order chi connectivity index (χ0) is 37.4. The molecule has 0 saturated heterocycles. The summed E-state index contributed by atoms with van der Waals surface area (Å²) in [6.45, 7) is 3.44. The van der Waals surface area contributed by atoms with Crippen molar-refractivity contribution in [1.82, 2.24) is 26.6 Å². The smallest absolute Gasteiger partial charge is 0.326 e. The molecule has 50 heavy (non-hydrogen) atoms. The highest BCUT2D eigenvalue weighted by atomic mass is 16.4. The number of hydrogen-bond donors (Lipinski definition) is 11. The summed E-state index contributed by atoms with van der Waals surface area (Å²) in [4.78, 5) is 77.0. The maximum Gasteiger partial charge on any atom is 0.326 e. The van der Waals surface area contributed by atoms with Crippen molar-refractivity contribution < 1.29 is 44.1 Å². The average molecular weight is 699 g/mol. The molecule has 5 atom stereocenters. The highest BCUT2D eigenvalue weighted by Crippen LogP contribution is 2.13. The Bertz CT molecular complexity index is 1490. The quantitative estimate of drug-likeness (QED) is 0.0447. The lowest BCUT2D eigenvalue weighted by molar-refractivity contribution is -0.142. The van der Waals surface area contributed by atoms with E-state index in [0.717, 1.165) is 0 Å². The summed E-state index contributed by atoms with van der Waals surface area (Å²) < 4.78 is 0. The van der Waals surface area contributed by atoms with Gasteiger partial charge in [0.05, 0.1) is 12.5 Å². The predicted octanol–water partition coefficient (Wildman–Crippen LogP) is -1.08. The third kappa shape index (κ3) is 14.2. The van der Waals surface area contributed by atoms with Crippen molar-refractivity contribution in [3.8, 4) is 5.75 Å². The molecule has 2 rings (SSSR count). The van der Waals surface area contributed by atoms with E-state index in [4.69, 9.17) is 16.9 Å². The fraction of sp³-hybridized carbons (Fsp3) is 0.424. The number of benzene rings is 2. The molecule has 0 heterocycles. The van der Waals surface area contributed by atoms with E-state index in [2.05, 4.69) is 26.6 Å². The lowest BCUT2D eigenvalue weighted by atomic mass is 10.0. The van der Waals surface area contributed by atoms with Gasteiger partial charge in [-0.05, 0) is 42.0 Å². The van der Waals surface area contributed by atoms with E-state index in [1.165, 1.54) is 24.3 Å². The Labute approximate surface area is 289 Å². The number of carbonyl (C=O) groups excluding carboxylic acids is 4. The van der Waals surface area contributed by atoms with Crippen LogP contribution in [-0.4, -0.2) is 93.6 Å². The van der Waals surface area contributed by atoms with Gasteiger partial charge in [0, 0.05) is 19.4 Å². The first-order valence-corrected chi connectivity index (χ1v) is 15.9. The van der Waals surface area contributed by atoms with Gasteiger partial charge in [-0.15, -0.1) is 0 Å². The molecule has 0 aliphatic rings. The Morgan fingerprint density at radius 2 is 1.22 bits per heavy atom. The zero-order valence-corrected chi connectivity index (χ0v) is 27.8. The number of phenolic OH excluding ortho intramolecular Hbond substituents is 1. The predicted molar refractivity (Wildman–Crippen MR) is 182 cm³/mol. The van der Waals surface area contributed by atoms with Crippen LogP contribution in [0.25, 0.3) is 0 Å². The zero-order valence-electron chi connectivity index (χ0n) is 27.8. The molecule has 2 aromatic carbocycles. The number of aromatic hydroxyl groups is 1. The number of carbonyl (C=O) groups is 6. The fourth-order valence-electron chi connectivity index (χ4n) is 4.70. The molecule has 0 radical (unpaired) electrons. The Balaban J connectivity index is 2.37. The van der Waals surface area contributed by atoms with Crippen molar-refractivity contribution in [2.45, 2.75) is 76.2 Å². The van der Waals surface area contributed by atoms with E-state index in [9.17, 15) is 44.1 Å². The molecular weight excluding hydrogens is 652 g/mol. The van der Waals surface area contributed by atoms with Crippen molar-refractivity contribution in [3.63, 3.8) is 0 Å². The van der Waals surface area contributed by atoms with Crippen molar-refractivity contribution >= 4 is 41.5 Å². The third-order valence-corrected chi connectivity index (χ3v) is 7.56. The number of phenols is 1. The van der Waals surface area contributed by atoms with Gasteiger partial charge in [-0.2, -0.15) is 0 Å². The van der Waals surface area contributed by atoms with Gasteiger partial charge in [0.2, 0.25) is 23.6 Å². The highest BCUT2D eigenvalue weighted by molar-refractivity contribution is 5.96. The van der Waals surface area contributed by atoms with E-state index in [1.807, 2.05) is 0 Å². The van der Waals surface area contributed by atoms with Gasteiger partial charge in [0.1, 0.15) is 29.9 Å². The van der Waals surface area contributed by atoms with Gasteiger partial charge in [-0.25, -0.2) is 4.79 Å². The lowest BCUT2D eigenvalue weighted by Gasteiger charge is -2.26. The van der Waals surface area contributed by atoms with Crippen LogP contribution in [0.3, 0.4) is 0 Å². The normalized spacial score (nSPS) is 13.8. The van der Waals surface area contributed by atoms with Crippen LogP contribution >= 0.6 is 0 Å². The summed E-state index contributed by atoms with van der Waals surface area (Å²) in [6.07, 6.45) is -0.949. The van der Waals surface area contributed by atoms with E-state index in [-0.39, 0.29) is 49.9 Å². The topological polar surface area (TPSA) is 299 Å². The number of rotatable bonds is 20. The van der Waals surface area contributed by atoms with Crippen molar-refractivity contribution in [2.24, 2.45) is 17.4 Å². The summed E-state index contributed by atoms with van der Waals surface area (Å²) >= 11 is 0. The summed E-state index contributed by atoms with van der Waals surface area (Å²) in [5.74, 6) is -6.96. The molecule has 17 nitrogen and oxygen atoms in total. The monoisotopic (exact) mass is 698 g/mol. The van der Waals surface area contributed by atoms with Crippen molar-refractivity contribution in [2.75, 3.05) is 6.54 Å². The van der Waals surface area contributed by atoms with Crippen LogP contribution in [-0.2, 0) is 41.6 Å². The van der Waals surface area contributed by atoms with Crippen molar-refractivity contribution in [3.05, 3.63) is 65.7 Å². The number of carboxylic acid groups (broad SMARTS) is 2. The summed E-state index contributed by atoms with van der Waals surface area (Å²) in [6, 6.07) is 7.55. The summed E-state index contributed by atoms with van der Waals surface area (Å²) in [5, 5.41) is 48.7. The minimum absolute atomic E-state index is 0.0492. The average Bonchev–Trinajstić information content (AvgIpc) is 3.05. The first kappa shape index (κ1) is 40.5. The molecule has 0 aliphatic heterocycles. The van der Waals surface area contributed by atoms with Gasteiger partial charge >= 0.3 is 11.9 Å². The minimum atomic E-state index is -1.61. The van der Waals surface area contributed by atoms with Gasteiger partial charge in [0.25, 0.3) is 0 Å². The molecule has 0 unspecified atom stereocenters. The molecule has 13 N–H and O–H groups in total. The molecule has 17 heteroatoms. The maximum atomic E-state index is 13.8. The minimum Gasteiger partial charge on any atom is -0.508 e. The molecule has 4 amide bonds. The maximum absolute atomic E-state index is 13.8. The van der Waals surface area contributed by atoms with Crippen LogP contribution < -0.4 is 38.1 Å². The van der Waals surface area contributed by atoms with Gasteiger partial charge in [-0.3, -0.25) is 29.4 Å². The number of hydrogen-bond acceptors (Lipinski definition) is 9. The standard InChI is InChI=1S/C33H46N8O9/c1-18(2)27(34)31(48)40-24(17-26(43)44)30(47)38-22(9-6-14-37-33(35)36)28(45)39-23(15-20-10-12-21(42)13-11-20)29(46)41-25(32(49)50)16-19-7-4-3-5-8-19/h3-5,7-8,10-13,18,22-25,27,42H,6,9,14-17,34H2,1-2H3,(H,38,47)(H,39,45)(H,40,48)(H,41,46)(H,43,44)(H,49,50)(H4,35,36,37)/t22-,23-,24-,25-,27-/m0/s1. The molecule has 0 saturated carbocycles. The molecule has 0 aromatic heterocycles. The Hall–Kier alpha value is -5.71. The second-order valence-electron chi connectivity index (χ2n) is 12.0. The largest absolute Gasteiger partial charge is 0.508 e. The van der Waals surface area contributed by atoms with E-state index in [0.29, 0.717) is 11.1 Å². The number of aliphatic carboxylic acids is 2. The van der Waals surface area contributed by atoms with E-state index in [1.54, 1.807) is 44.2 Å². The summed E-state index contributed by atoms with van der Waals surface area (Å²) in [5.41, 5.74) is 12.3. The number of guanidine groups is 1. The molecule has 0 spiro atoms. The van der Waals surface area contributed by atoms with Crippen LogP contribution in [0.2, 0.25) is 0 Å². The van der Waals surface area contributed by atoms with Gasteiger partial charge in [-0.1, -0.05) is 56.3 Å². The first-order chi connectivity index (χ1) is 23.6. The Morgan fingerprint density at radius 3 is 1.78 bits per heavy atom. The van der Waals surface area contributed by atoms with E-state index < -0.39 is 72.2 Å². The molecule has 272 valence electrons. The second-order valence-corrected chi connectivity index (χ2v) is 12.0. The number of nitrogens with two attached hydrogens (primary N) is 2. The summed E-state index contributed by atoms with van der Waals surface area (Å²) in [7, 11) is 0. The van der Waals surface area contributed by atoms with Crippen LogP contribution in [0.5, 0.6) is 5.75 Å². The van der Waals surface area contributed by atoms with Crippen LogP contribution in [0.15, 0.2) is 54.6 Å². The van der Waals surface area contributed by atoms with Crippen LogP contribution in [0.4, 0.5) is 0 Å². The third-order valence-electron chi connectivity index (χ3n) is 7.56. The van der Waals surface area contributed by atoms with Gasteiger partial charge < -0.3 is 53.4 Å². The Kier molecular flexibility index (Phi) is 16.1. The second kappa shape index (κ2) is 20.0. The molecular formula is C33H46N8O9. The molecule has 0 bridgehead atoms. The van der Waals surface area contributed by atoms with Crippen molar-refractivity contribution in [1.29, 1.82) is 5.41 Å². The highest BCUT2D eigenvalue weighted by Gasteiger charge is 2.33. The number of carboxylic acids is 2. The number of nitrogens with one attached hydrogen (secondary N) is 6. The van der Waals surface area contributed by atoms with E-state index >= 15 is 0 Å². The SMILES string of the molecule is CC(C)[C@H](N)C(=O)N[C@@H](CC(=O)O)C(=O)N[C@@H](CCCNC(=N)N)C(=O)N[C@@H](Cc1ccc(O)cc1)C(=O)N[C@@H](Cc1ccccc1)C(=O)O. The van der Waals surface area contributed by atoms with Crippen LogP contribution in [0, 0.1) is 11.3 Å². The van der Waals surface area contributed by atoms with Gasteiger partial charge in [0.15, 0.2) is 5.96 Å². The van der Waals surface area contributed by atoms with Crippen LogP contribution in [0.1, 0.15) is 44.2 Å². The number of amides is 4. The lowest BCUT2D eigenvalue weighted by Crippen LogP contribution is -2.59. The molecule has 0 aliphatic carbocycles. The Morgan fingerprint density at radius 1 is 0.720 bits per heavy atom. The molecule has 0 fully saturated rings. The first-order valence-electron chi connectivity index (χ1n) is 15.9. The fourth-order valence-corrected chi connectivity index (χ4v) is 4.70. The molecule has 2 aromatic rings.